The molecule has 0 fully saturated rings. The molecule has 0 saturated heterocycles. The predicted octanol–water partition coefficient (Wildman–Crippen LogP) is 2.82. The van der Waals surface area contributed by atoms with E-state index in [-0.39, 0.29) is 24.3 Å². The first kappa shape index (κ1) is 24.3. The van der Waals surface area contributed by atoms with E-state index >= 15 is 0 Å². The normalized spacial score (nSPS) is 11.3. The van der Waals surface area contributed by atoms with Crippen LogP contribution in [0.5, 0.6) is 0 Å². The van der Waals surface area contributed by atoms with Crippen LogP contribution in [0, 0.1) is 0 Å². The summed E-state index contributed by atoms with van der Waals surface area (Å²) in [4.78, 5) is 22.2. The molecule has 0 aliphatic carbocycles. The number of aryl methyl sites for hydroxylation is 1. The van der Waals surface area contributed by atoms with Gasteiger partial charge in [0.2, 0.25) is 11.8 Å². The fourth-order valence-electron chi connectivity index (χ4n) is 2.71. The van der Waals surface area contributed by atoms with Crippen LogP contribution in [0.3, 0.4) is 0 Å². The molecule has 1 unspecified atom stereocenters. The number of hydrogen-bond donors (Lipinski definition) is 3. The Bertz CT molecular complexity index is 805. The summed E-state index contributed by atoms with van der Waals surface area (Å²) in [6.07, 6.45) is 3.75. The Labute approximate surface area is 173 Å². The van der Waals surface area contributed by atoms with Gasteiger partial charge < -0.3 is 21.5 Å². The Balaban J connectivity index is 0.00000132. The standard InChI is InChI=1S/C20H27N3O3.C3H6/c1-23-20(25)9-4-14-2-5-16-6-3-15(11-17(16)10-14)12-26-13-18(21)7-8-19(22)24;1-3-2/h2-3,5-6,10-11,18H,4,7-9,12-13,21H2,1H3,(H2,22,24)(H,23,25);3H,1H2,2H3. The van der Waals surface area contributed by atoms with Gasteiger partial charge >= 0.3 is 0 Å². The third kappa shape index (κ3) is 9.87. The second-order valence-corrected chi connectivity index (χ2v) is 6.88. The smallest absolute Gasteiger partial charge is 0.220 e. The minimum Gasteiger partial charge on any atom is -0.375 e. The molecule has 6 nitrogen and oxygen atoms in total. The number of primary amides is 1. The molecule has 6 heteroatoms. The van der Waals surface area contributed by atoms with Crippen molar-refractivity contribution in [2.75, 3.05) is 13.7 Å². The summed E-state index contributed by atoms with van der Waals surface area (Å²) >= 11 is 0. The minimum atomic E-state index is -0.345. The monoisotopic (exact) mass is 399 g/mol. The lowest BCUT2D eigenvalue weighted by Crippen LogP contribution is -2.28. The number of amides is 2. The van der Waals surface area contributed by atoms with Crippen molar-refractivity contribution >= 4 is 22.6 Å². The summed E-state index contributed by atoms with van der Waals surface area (Å²) in [6.45, 7) is 6.10. The van der Waals surface area contributed by atoms with Crippen molar-refractivity contribution in [3.05, 3.63) is 60.2 Å². The lowest BCUT2D eigenvalue weighted by molar-refractivity contribution is -0.120. The second kappa shape index (κ2) is 13.5. The van der Waals surface area contributed by atoms with E-state index in [1.807, 2.05) is 13.0 Å². The van der Waals surface area contributed by atoms with Gasteiger partial charge in [0, 0.05) is 25.9 Å². The van der Waals surface area contributed by atoms with Crippen LogP contribution in [0.1, 0.15) is 37.3 Å². The number of benzene rings is 2. The summed E-state index contributed by atoms with van der Waals surface area (Å²) in [7, 11) is 1.65. The van der Waals surface area contributed by atoms with Crippen LogP contribution in [0.25, 0.3) is 10.8 Å². The number of carbonyl (C=O) groups is 2. The zero-order valence-electron chi connectivity index (χ0n) is 17.4. The molecule has 0 aromatic heterocycles. The summed E-state index contributed by atoms with van der Waals surface area (Å²) in [6, 6.07) is 12.2. The Morgan fingerprint density at radius 1 is 1.14 bits per heavy atom. The van der Waals surface area contributed by atoms with E-state index in [1.54, 1.807) is 13.1 Å². The molecule has 0 radical (unpaired) electrons. The topological polar surface area (TPSA) is 107 Å². The molecule has 5 N–H and O–H groups in total. The molecule has 0 spiro atoms. The quantitative estimate of drug-likeness (QED) is 0.534. The maximum absolute atomic E-state index is 11.4. The minimum absolute atomic E-state index is 0.0416. The molecule has 2 aromatic rings. The van der Waals surface area contributed by atoms with Crippen molar-refractivity contribution in [3.63, 3.8) is 0 Å². The van der Waals surface area contributed by atoms with E-state index in [0.29, 0.717) is 32.5 Å². The lowest BCUT2D eigenvalue weighted by atomic mass is 10.0. The molecule has 0 aliphatic rings. The zero-order chi connectivity index (χ0) is 21.6. The lowest BCUT2D eigenvalue weighted by Gasteiger charge is -2.12. The van der Waals surface area contributed by atoms with E-state index in [2.05, 4.69) is 42.2 Å². The highest BCUT2D eigenvalue weighted by Crippen LogP contribution is 2.19. The van der Waals surface area contributed by atoms with Gasteiger partial charge in [-0.05, 0) is 47.7 Å². The molecule has 2 aromatic carbocycles. The predicted molar refractivity (Wildman–Crippen MR) is 118 cm³/mol. The van der Waals surface area contributed by atoms with E-state index in [0.717, 1.165) is 21.9 Å². The molecular weight excluding hydrogens is 366 g/mol. The average Bonchev–Trinajstić information content (AvgIpc) is 2.70. The first-order chi connectivity index (χ1) is 13.9. The number of rotatable bonds is 10. The molecule has 158 valence electrons. The van der Waals surface area contributed by atoms with Crippen molar-refractivity contribution in [1.82, 2.24) is 5.32 Å². The number of carbonyl (C=O) groups excluding carboxylic acids is 2. The SMILES string of the molecule is C=CC.CNC(=O)CCc1ccc2ccc(COCC(N)CCC(N)=O)cc2c1. The fourth-order valence-corrected chi connectivity index (χ4v) is 2.71. The van der Waals surface area contributed by atoms with Gasteiger partial charge in [-0.2, -0.15) is 0 Å². The highest BCUT2D eigenvalue weighted by molar-refractivity contribution is 5.84. The summed E-state index contributed by atoms with van der Waals surface area (Å²) in [5.41, 5.74) is 13.2. The van der Waals surface area contributed by atoms with Crippen LogP contribution in [0.15, 0.2) is 49.1 Å². The molecule has 2 rings (SSSR count). The molecular formula is C23H33N3O3. The van der Waals surface area contributed by atoms with E-state index in [9.17, 15) is 9.59 Å². The van der Waals surface area contributed by atoms with Gasteiger partial charge in [-0.25, -0.2) is 0 Å². The van der Waals surface area contributed by atoms with Crippen LogP contribution >= 0.6 is 0 Å². The first-order valence-corrected chi connectivity index (χ1v) is 9.80. The number of fused-ring (bicyclic) bond motifs is 1. The van der Waals surface area contributed by atoms with E-state index < -0.39 is 0 Å². The van der Waals surface area contributed by atoms with Gasteiger partial charge in [0.15, 0.2) is 0 Å². The third-order valence-corrected chi connectivity index (χ3v) is 4.25. The van der Waals surface area contributed by atoms with Crippen molar-refractivity contribution in [1.29, 1.82) is 0 Å². The molecule has 0 bridgehead atoms. The van der Waals surface area contributed by atoms with E-state index in [1.165, 1.54) is 0 Å². The Morgan fingerprint density at radius 3 is 2.38 bits per heavy atom. The second-order valence-electron chi connectivity index (χ2n) is 6.88. The Morgan fingerprint density at radius 2 is 1.76 bits per heavy atom. The number of nitrogens with two attached hydrogens (primary N) is 2. The molecule has 0 heterocycles. The van der Waals surface area contributed by atoms with Crippen LogP contribution in [-0.4, -0.2) is 31.5 Å². The maximum Gasteiger partial charge on any atom is 0.220 e. The van der Waals surface area contributed by atoms with Crippen LogP contribution in [-0.2, 0) is 27.4 Å². The first-order valence-electron chi connectivity index (χ1n) is 9.80. The van der Waals surface area contributed by atoms with Gasteiger partial charge in [0.25, 0.3) is 0 Å². The molecule has 0 saturated carbocycles. The molecule has 2 amide bonds. The van der Waals surface area contributed by atoms with Gasteiger partial charge in [0.1, 0.15) is 0 Å². The summed E-state index contributed by atoms with van der Waals surface area (Å²) in [5, 5.41) is 4.91. The molecule has 29 heavy (non-hydrogen) atoms. The van der Waals surface area contributed by atoms with Crippen molar-refractivity contribution in [2.45, 2.75) is 45.3 Å². The van der Waals surface area contributed by atoms with Gasteiger partial charge in [-0.3, -0.25) is 9.59 Å². The molecule has 0 aliphatic heterocycles. The van der Waals surface area contributed by atoms with Crippen LogP contribution in [0.4, 0.5) is 0 Å². The van der Waals surface area contributed by atoms with E-state index in [4.69, 9.17) is 16.2 Å². The van der Waals surface area contributed by atoms with Crippen molar-refractivity contribution in [3.8, 4) is 0 Å². The van der Waals surface area contributed by atoms with Crippen molar-refractivity contribution in [2.24, 2.45) is 11.5 Å². The van der Waals surface area contributed by atoms with Gasteiger partial charge in [-0.1, -0.05) is 36.4 Å². The molecule has 1 atom stereocenters. The van der Waals surface area contributed by atoms with Gasteiger partial charge in [0.05, 0.1) is 13.2 Å². The zero-order valence-corrected chi connectivity index (χ0v) is 17.4. The summed E-state index contributed by atoms with van der Waals surface area (Å²) in [5.74, 6) is -0.304. The van der Waals surface area contributed by atoms with Gasteiger partial charge in [-0.15, -0.1) is 6.58 Å². The highest BCUT2D eigenvalue weighted by Gasteiger charge is 2.06. The number of ether oxygens (including phenoxy) is 1. The Hall–Kier alpha value is -2.70. The number of nitrogens with one attached hydrogen (secondary N) is 1. The van der Waals surface area contributed by atoms with Crippen LogP contribution < -0.4 is 16.8 Å². The average molecular weight is 400 g/mol. The summed E-state index contributed by atoms with van der Waals surface area (Å²) < 4.78 is 5.66. The number of hydrogen-bond acceptors (Lipinski definition) is 4. The highest BCUT2D eigenvalue weighted by atomic mass is 16.5. The van der Waals surface area contributed by atoms with Crippen LogP contribution in [0.2, 0.25) is 0 Å². The fraction of sp³-hybridized carbons (Fsp3) is 0.391. The number of allylic oxidation sites excluding steroid dienone is 1. The maximum atomic E-state index is 11.4. The van der Waals surface area contributed by atoms with Crippen molar-refractivity contribution < 1.29 is 14.3 Å². The Kier molecular flexibility index (Phi) is 11.3. The largest absolute Gasteiger partial charge is 0.375 e. The third-order valence-electron chi connectivity index (χ3n) is 4.25.